The van der Waals surface area contributed by atoms with E-state index in [0.717, 1.165) is 35.4 Å². The van der Waals surface area contributed by atoms with Crippen molar-refractivity contribution in [1.29, 1.82) is 0 Å². The molecule has 4 aromatic rings. The van der Waals surface area contributed by atoms with E-state index < -0.39 is 0 Å². The topological polar surface area (TPSA) is 118 Å². The van der Waals surface area contributed by atoms with E-state index in [1.165, 1.54) is 9.80 Å². The highest BCUT2D eigenvalue weighted by molar-refractivity contribution is 6.21. The SMILES string of the molecule is CC[n+]1c(CN2C(=O)c3ccccc3C2=O)n(CC2CCCO2)c2cccc(OCC(=O)N(C)Cc3nc(C)ccc3O)c21. The lowest BCUT2D eigenvalue weighted by atomic mass is 10.1. The number of rotatable bonds is 10. The number of amides is 3. The third-order valence-corrected chi connectivity index (χ3v) is 8.32. The summed E-state index contributed by atoms with van der Waals surface area (Å²) < 4.78 is 16.3. The number of hydrogen-bond acceptors (Lipinski definition) is 7. The molecular weight excluding hydrogens is 562 g/mol. The number of carbonyl (C=O) groups excluding carboxylic acids is 3. The first kappa shape index (κ1) is 29.3. The van der Waals surface area contributed by atoms with Gasteiger partial charge in [-0.2, -0.15) is 0 Å². The van der Waals surface area contributed by atoms with E-state index in [2.05, 4.69) is 9.55 Å². The molecule has 0 bridgehead atoms. The molecule has 2 aliphatic rings. The van der Waals surface area contributed by atoms with Crippen LogP contribution in [0, 0.1) is 6.92 Å². The van der Waals surface area contributed by atoms with Gasteiger partial charge in [0.1, 0.15) is 24.5 Å². The number of aromatic nitrogens is 3. The largest absolute Gasteiger partial charge is 0.506 e. The Balaban J connectivity index is 1.31. The van der Waals surface area contributed by atoms with Crippen molar-refractivity contribution >= 4 is 28.8 Å². The summed E-state index contributed by atoms with van der Waals surface area (Å²) in [5.41, 5.74) is 3.60. The Hall–Kier alpha value is -4.77. The minimum Gasteiger partial charge on any atom is -0.506 e. The van der Waals surface area contributed by atoms with E-state index in [1.54, 1.807) is 43.4 Å². The molecule has 1 fully saturated rings. The van der Waals surface area contributed by atoms with E-state index >= 15 is 0 Å². The standard InChI is InChI=1S/C33H35N5O6/c1-4-36-29(19-38-32(41)23-10-5-6-11-24(23)33(38)42)37(17-22-9-8-16-43-22)26-12-7-13-28(31(26)36)44-20-30(40)35(3)18-25-27(39)15-14-21(2)34-25/h5-7,10-15,22H,4,8-9,16-20H2,1-3H3/p+1. The maximum atomic E-state index is 13.3. The van der Waals surface area contributed by atoms with E-state index in [1.807, 2.05) is 36.6 Å². The third-order valence-electron chi connectivity index (χ3n) is 8.32. The molecule has 2 aliphatic heterocycles. The number of fused-ring (bicyclic) bond motifs is 2. The highest BCUT2D eigenvalue weighted by Gasteiger charge is 2.39. The van der Waals surface area contributed by atoms with Crippen LogP contribution in [0.1, 0.15) is 57.7 Å². The molecule has 1 unspecified atom stereocenters. The number of pyridine rings is 1. The first-order chi connectivity index (χ1) is 21.3. The number of likely N-dealkylation sites (N-methyl/N-ethyl adjacent to an activating group) is 1. The number of benzene rings is 2. The lowest BCUT2D eigenvalue weighted by Gasteiger charge is -2.18. The fraction of sp³-hybridized carbons (Fsp3) is 0.364. The first-order valence-electron chi connectivity index (χ1n) is 14.9. The van der Waals surface area contributed by atoms with Crippen LogP contribution in [0.3, 0.4) is 0 Å². The Morgan fingerprint density at radius 2 is 1.86 bits per heavy atom. The zero-order chi connectivity index (χ0) is 31.0. The molecule has 0 radical (unpaired) electrons. The second-order valence-corrected chi connectivity index (χ2v) is 11.2. The number of aryl methyl sites for hydroxylation is 2. The summed E-state index contributed by atoms with van der Waals surface area (Å²) in [5.74, 6) is 0.397. The van der Waals surface area contributed by atoms with Gasteiger partial charge >= 0.3 is 0 Å². The molecule has 3 amide bonds. The lowest BCUT2D eigenvalue weighted by Crippen LogP contribution is -2.42. The minimum atomic E-state index is -0.318. The van der Waals surface area contributed by atoms with Crippen LogP contribution in [0.2, 0.25) is 0 Å². The molecule has 4 heterocycles. The third kappa shape index (κ3) is 5.39. The van der Waals surface area contributed by atoms with Crippen molar-refractivity contribution < 1.29 is 33.5 Å². The van der Waals surface area contributed by atoms with Gasteiger partial charge in [-0.1, -0.05) is 18.2 Å². The smallest absolute Gasteiger partial charge is 0.278 e. The van der Waals surface area contributed by atoms with Gasteiger partial charge in [0.2, 0.25) is 5.52 Å². The average molecular weight is 599 g/mol. The highest BCUT2D eigenvalue weighted by Crippen LogP contribution is 2.30. The van der Waals surface area contributed by atoms with Crippen LogP contribution in [0.5, 0.6) is 11.5 Å². The Morgan fingerprint density at radius 3 is 2.55 bits per heavy atom. The van der Waals surface area contributed by atoms with Crippen LogP contribution in [0.4, 0.5) is 0 Å². The Morgan fingerprint density at radius 1 is 1.11 bits per heavy atom. The van der Waals surface area contributed by atoms with Gasteiger partial charge in [0.25, 0.3) is 23.5 Å². The number of ether oxygens (including phenoxy) is 2. The molecule has 2 aromatic heterocycles. The van der Waals surface area contributed by atoms with E-state index in [0.29, 0.717) is 42.3 Å². The van der Waals surface area contributed by atoms with Gasteiger partial charge in [0.05, 0.1) is 30.3 Å². The number of para-hydroxylation sites is 1. The molecule has 1 N–H and O–H groups in total. The number of aromatic hydroxyl groups is 1. The Kier molecular flexibility index (Phi) is 8.05. The van der Waals surface area contributed by atoms with Crippen LogP contribution >= 0.6 is 0 Å². The van der Waals surface area contributed by atoms with Crippen molar-refractivity contribution in [2.45, 2.75) is 59.0 Å². The monoisotopic (exact) mass is 598 g/mol. The van der Waals surface area contributed by atoms with Gasteiger partial charge < -0.3 is 19.5 Å². The molecule has 44 heavy (non-hydrogen) atoms. The van der Waals surface area contributed by atoms with E-state index in [4.69, 9.17) is 9.47 Å². The van der Waals surface area contributed by atoms with Crippen molar-refractivity contribution in [2.75, 3.05) is 20.3 Å². The molecule has 0 saturated carbocycles. The molecule has 1 saturated heterocycles. The van der Waals surface area contributed by atoms with Crippen LogP contribution in [-0.4, -0.2) is 68.5 Å². The van der Waals surface area contributed by atoms with Gasteiger partial charge in [0, 0.05) is 19.3 Å². The molecule has 0 aliphatic carbocycles. The molecule has 1 atom stereocenters. The summed E-state index contributed by atoms with van der Waals surface area (Å²) >= 11 is 0. The molecular formula is C33H36N5O6+. The van der Waals surface area contributed by atoms with Crippen molar-refractivity contribution in [3.63, 3.8) is 0 Å². The molecule has 11 heteroatoms. The minimum absolute atomic E-state index is 0.00304. The van der Waals surface area contributed by atoms with E-state index in [9.17, 15) is 19.5 Å². The zero-order valence-corrected chi connectivity index (χ0v) is 25.2. The van der Waals surface area contributed by atoms with Gasteiger partial charge in [-0.25, -0.2) is 9.13 Å². The predicted octanol–water partition coefficient (Wildman–Crippen LogP) is 3.37. The second-order valence-electron chi connectivity index (χ2n) is 11.2. The Bertz CT molecular complexity index is 1720. The highest BCUT2D eigenvalue weighted by atomic mass is 16.5. The van der Waals surface area contributed by atoms with Crippen molar-refractivity contribution in [3.8, 4) is 11.5 Å². The predicted molar refractivity (Wildman–Crippen MR) is 160 cm³/mol. The molecule has 0 spiro atoms. The van der Waals surface area contributed by atoms with Gasteiger partial charge in [0.15, 0.2) is 17.9 Å². The number of nitrogens with zero attached hydrogens (tertiary/aromatic N) is 5. The normalized spacial score (nSPS) is 16.2. The van der Waals surface area contributed by atoms with Crippen LogP contribution in [-0.2, 0) is 35.7 Å². The van der Waals surface area contributed by atoms with Crippen LogP contribution < -0.4 is 9.30 Å². The Labute approximate surface area is 255 Å². The van der Waals surface area contributed by atoms with Crippen molar-refractivity contribution in [1.82, 2.24) is 19.4 Å². The summed E-state index contributed by atoms with van der Waals surface area (Å²) in [7, 11) is 1.64. The summed E-state index contributed by atoms with van der Waals surface area (Å²) in [5, 5.41) is 10.2. The first-order valence-corrected chi connectivity index (χ1v) is 14.9. The van der Waals surface area contributed by atoms with Crippen LogP contribution in [0.15, 0.2) is 54.6 Å². The molecule has 228 valence electrons. The summed E-state index contributed by atoms with van der Waals surface area (Å²) in [6.07, 6.45) is 1.90. The average Bonchev–Trinajstić information content (AvgIpc) is 3.71. The number of imidazole rings is 1. The number of hydrogen-bond donors (Lipinski definition) is 1. The lowest BCUT2D eigenvalue weighted by molar-refractivity contribution is -0.677. The maximum absolute atomic E-state index is 13.3. The van der Waals surface area contributed by atoms with E-state index in [-0.39, 0.29) is 49.3 Å². The van der Waals surface area contributed by atoms with Gasteiger partial charge in [-0.3, -0.25) is 24.3 Å². The molecule has 2 aromatic carbocycles. The molecule has 11 nitrogen and oxygen atoms in total. The molecule has 6 rings (SSSR count). The maximum Gasteiger partial charge on any atom is 0.278 e. The van der Waals surface area contributed by atoms with Gasteiger partial charge in [-0.15, -0.1) is 0 Å². The fourth-order valence-electron chi connectivity index (χ4n) is 6.04. The summed E-state index contributed by atoms with van der Waals surface area (Å²) in [6.45, 7) is 5.61. The second kappa shape index (κ2) is 12.1. The van der Waals surface area contributed by atoms with Gasteiger partial charge in [-0.05, 0) is 63.1 Å². The zero-order valence-electron chi connectivity index (χ0n) is 25.2. The quantitative estimate of drug-likeness (QED) is 0.220. The van der Waals surface area contributed by atoms with Crippen molar-refractivity contribution in [3.05, 3.63) is 82.9 Å². The fourth-order valence-corrected chi connectivity index (χ4v) is 6.04. The number of imide groups is 1. The number of carbonyl (C=O) groups is 3. The summed E-state index contributed by atoms with van der Waals surface area (Å²) in [4.78, 5) is 46.9. The van der Waals surface area contributed by atoms with Crippen LogP contribution in [0.25, 0.3) is 11.0 Å². The van der Waals surface area contributed by atoms with Crippen molar-refractivity contribution in [2.24, 2.45) is 0 Å². The summed E-state index contributed by atoms with van der Waals surface area (Å²) in [6, 6.07) is 15.8.